The molecule has 0 fully saturated rings. The van der Waals surface area contributed by atoms with E-state index < -0.39 is 0 Å². The Morgan fingerprint density at radius 3 is 2.50 bits per heavy atom. The Hall–Kier alpha value is -1.70. The number of hydrogen-bond donors (Lipinski definition) is 0. The van der Waals surface area contributed by atoms with Crippen LogP contribution in [-0.2, 0) is 5.41 Å². The number of pyridine rings is 1. The minimum absolute atomic E-state index is 0.0477. The van der Waals surface area contributed by atoms with Gasteiger partial charge >= 0.3 is 0 Å². The van der Waals surface area contributed by atoms with Gasteiger partial charge in [0.05, 0.1) is 5.52 Å². The maximum absolute atomic E-state index is 11.7. The smallest absolute Gasteiger partial charge is 0.162 e. The van der Waals surface area contributed by atoms with Crippen LogP contribution < -0.4 is 0 Å². The highest BCUT2D eigenvalue weighted by molar-refractivity contribution is 5.99. The summed E-state index contributed by atoms with van der Waals surface area (Å²) in [7, 11) is 0. The van der Waals surface area contributed by atoms with Crippen LogP contribution in [-0.4, -0.2) is 10.8 Å². The van der Waals surface area contributed by atoms with Crippen LogP contribution in [0, 0.1) is 0 Å². The normalized spacial score (nSPS) is 11.8. The number of benzene rings is 1. The molecule has 0 bridgehead atoms. The maximum atomic E-state index is 11.7. The Bertz CT molecular complexity index is 594. The van der Waals surface area contributed by atoms with Crippen LogP contribution in [0.15, 0.2) is 30.3 Å². The number of Topliss-reactive ketones (excluding diaryl/α,β-unsaturated/α-hetero) is 1. The van der Waals surface area contributed by atoms with Gasteiger partial charge in [-0.1, -0.05) is 33.8 Å². The number of fused-ring (bicyclic) bond motifs is 1. The summed E-state index contributed by atoms with van der Waals surface area (Å²) in [6.07, 6.45) is 0.541. The number of carbonyl (C=O) groups is 1. The summed E-state index contributed by atoms with van der Waals surface area (Å²) in [6, 6.07) is 9.83. The Balaban J connectivity index is 2.52. The van der Waals surface area contributed by atoms with Gasteiger partial charge in [-0.05, 0) is 24.3 Å². The monoisotopic (exact) mass is 241 g/mol. The molecular weight excluding hydrogens is 222 g/mol. The fourth-order valence-corrected chi connectivity index (χ4v) is 1.92. The molecule has 94 valence electrons. The van der Waals surface area contributed by atoms with E-state index >= 15 is 0 Å². The van der Waals surface area contributed by atoms with Gasteiger partial charge < -0.3 is 0 Å². The molecule has 1 heterocycles. The molecule has 0 aliphatic rings. The molecule has 2 rings (SSSR count). The minimum atomic E-state index is 0.0477. The van der Waals surface area contributed by atoms with Gasteiger partial charge in [0.15, 0.2) is 5.78 Å². The largest absolute Gasteiger partial charge is 0.294 e. The lowest BCUT2D eigenvalue weighted by Gasteiger charge is -2.18. The summed E-state index contributed by atoms with van der Waals surface area (Å²) >= 11 is 0. The lowest BCUT2D eigenvalue weighted by molar-refractivity contribution is 0.0988. The second-order valence-corrected chi connectivity index (χ2v) is 5.63. The van der Waals surface area contributed by atoms with Gasteiger partial charge in [-0.15, -0.1) is 0 Å². The minimum Gasteiger partial charge on any atom is -0.294 e. The quantitative estimate of drug-likeness (QED) is 0.740. The van der Waals surface area contributed by atoms with E-state index in [2.05, 4.69) is 31.8 Å². The van der Waals surface area contributed by atoms with Gasteiger partial charge in [0.2, 0.25) is 0 Å². The predicted octanol–water partition coefficient (Wildman–Crippen LogP) is 4.13. The molecule has 1 aromatic carbocycles. The van der Waals surface area contributed by atoms with Gasteiger partial charge in [0.1, 0.15) is 0 Å². The average molecular weight is 241 g/mol. The third-order valence-electron chi connectivity index (χ3n) is 3.10. The van der Waals surface area contributed by atoms with Crippen LogP contribution in [0.2, 0.25) is 0 Å². The van der Waals surface area contributed by atoms with Gasteiger partial charge in [-0.3, -0.25) is 9.78 Å². The first-order chi connectivity index (χ1) is 8.41. The van der Waals surface area contributed by atoms with Crippen LogP contribution in [0.1, 0.15) is 50.2 Å². The summed E-state index contributed by atoms with van der Waals surface area (Å²) in [4.78, 5) is 16.3. The molecule has 0 saturated carbocycles. The molecule has 2 heteroatoms. The van der Waals surface area contributed by atoms with Crippen LogP contribution in [0.3, 0.4) is 0 Å². The van der Waals surface area contributed by atoms with Crippen LogP contribution in [0.25, 0.3) is 10.9 Å². The summed E-state index contributed by atoms with van der Waals surface area (Å²) in [5.74, 6) is 0.178. The van der Waals surface area contributed by atoms with Crippen molar-refractivity contribution in [1.82, 2.24) is 4.98 Å². The molecule has 2 aromatic rings. The fraction of sp³-hybridized carbons (Fsp3) is 0.375. The Morgan fingerprint density at radius 1 is 1.17 bits per heavy atom. The second-order valence-electron chi connectivity index (χ2n) is 5.63. The number of hydrogen-bond acceptors (Lipinski definition) is 2. The second kappa shape index (κ2) is 4.52. The van der Waals surface area contributed by atoms with Crippen molar-refractivity contribution in [2.45, 2.75) is 39.5 Å². The van der Waals surface area contributed by atoms with Crippen molar-refractivity contribution in [1.29, 1.82) is 0 Å². The van der Waals surface area contributed by atoms with E-state index in [9.17, 15) is 4.79 Å². The molecule has 2 nitrogen and oxygen atoms in total. The van der Waals surface area contributed by atoms with Gasteiger partial charge in [0, 0.05) is 28.5 Å². The fourth-order valence-electron chi connectivity index (χ4n) is 1.92. The third-order valence-corrected chi connectivity index (χ3v) is 3.10. The molecular formula is C16H19NO. The molecule has 0 N–H and O–H groups in total. The SMILES string of the molecule is CCC(=O)c1ccc2nc(C(C)(C)C)ccc2c1. The summed E-state index contributed by atoms with van der Waals surface area (Å²) in [5.41, 5.74) is 2.85. The summed E-state index contributed by atoms with van der Waals surface area (Å²) < 4.78 is 0. The first kappa shape index (κ1) is 12.7. The van der Waals surface area contributed by atoms with Crippen molar-refractivity contribution in [3.05, 3.63) is 41.6 Å². The van der Waals surface area contributed by atoms with E-state index in [0.717, 1.165) is 22.2 Å². The van der Waals surface area contributed by atoms with E-state index in [1.807, 2.05) is 31.2 Å². The number of ketones is 1. The average Bonchev–Trinajstić information content (AvgIpc) is 2.35. The number of carbonyl (C=O) groups excluding carboxylic acids is 1. The van der Waals surface area contributed by atoms with Crippen LogP contribution in [0.4, 0.5) is 0 Å². The maximum Gasteiger partial charge on any atom is 0.162 e. The van der Waals surface area contributed by atoms with Crippen molar-refractivity contribution < 1.29 is 4.79 Å². The van der Waals surface area contributed by atoms with Crippen LogP contribution >= 0.6 is 0 Å². The van der Waals surface area contributed by atoms with E-state index in [1.54, 1.807) is 0 Å². The zero-order valence-corrected chi connectivity index (χ0v) is 11.4. The first-order valence-corrected chi connectivity index (χ1v) is 6.36. The first-order valence-electron chi connectivity index (χ1n) is 6.36. The molecule has 0 aliphatic carbocycles. The zero-order chi connectivity index (χ0) is 13.3. The molecule has 1 aromatic heterocycles. The van der Waals surface area contributed by atoms with Crippen molar-refractivity contribution in [2.24, 2.45) is 0 Å². The molecule has 18 heavy (non-hydrogen) atoms. The van der Waals surface area contributed by atoms with Gasteiger partial charge in [-0.25, -0.2) is 0 Å². The van der Waals surface area contributed by atoms with E-state index in [0.29, 0.717) is 6.42 Å². The van der Waals surface area contributed by atoms with E-state index in [1.165, 1.54) is 0 Å². The van der Waals surface area contributed by atoms with Crippen molar-refractivity contribution in [3.8, 4) is 0 Å². The molecule has 0 atom stereocenters. The van der Waals surface area contributed by atoms with Crippen molar-refractivity contribution in [2.75, 3.05) is 0 Å². The lowest BCUT2D eigenvalue weighted by Crippen LogP contribution is -2.13. The summed E-state index contributed by atoms with van der Waals surface area (Å²) in [5, 5.41) is 1.03. The highest BCUT2D eigenvalue weighted by Gasteiger charge is 2.15. The van der Waals surface area contributed by atoms with Gasteiger partial charge in [-0.2, -0.15) is 0 Å². The highest BCUT2D eigenvalue weighted by Crippen LogP contribution is 2.23. The highest BCUT2D eigenvalue weighted by atomic mass is 16.1. The van der Waals surface area contributed by atoms with Crippen molar-refractivity contribution in [3.63, 3.8) is 0 Å². The predicted molar refractivity (Wildman–Crippen MR) is 75.1 cm³/mol. The van der Waals surface area contributed by atoms with Gasteiger partial charge in [0.25, 0.3) is 0 Å². The number of aromatic nitrogens is 1. The Labute approximate surface area is 108 Å². The molecule has 0 amide bonds. The Morgan fingerprint density at radius 2 is 1.89 bits per heavy atom. The molecule has 0 spiro atoms. The molecule has 0 aliphatic heterocycles. The number of nitrogens with zero attached hydrogens (tertiary/aromatic N) is 1. The molecule has 0 saturated heterocycles. The molecule has 0 radical (unpaired) electrons. The lowest BCUT2D eigenvalue weighted by atomic mass is 9.91. The zero-order valence-electron chi connectivity index (χ0n) is 11.4. The van der Waals surface area contributed by atoms with Crippen LogP contribution in [0.5, 0.6) is 0 Å². The molecule has 0 unspecified atom stereocenters. The Kier molecular flexibility index (Phi) is 3.20. The topological polar surface area (TPSA) is 30.0 Å². The standard InChI is InChI=1S/C16H19NO/c1-5-14(18)12-6-8-13-11(10-12)7-9-15(17-13)16(2,3)4/h6-10H,5H2,1-4H3. The van der Waals surface area contributed by atoms with Crippen molar-refractivity contribution >= 4 is 16.7 Å². The number of rotatable bonds is 2. The van der Waals surface area contributed by atoms with E-state index in [4.69, 9.17) is 0 Å². The van der Waals surface area contributed by atoms with E-state index in [-0.39, 0.29) is 11.2 Å². The summed E-state index contributed by atoms with van der Waals surface area (Å²) in [6.45, 7) is 8.33. The third kappa shape index (κ3) is 2.42.